The van der Waals surface area contributed by atoms with Crippen LogP contribution in [0.15, 0.2) is 0 Å². The van der Waals surface area contributed by atoms with Crippen LogP contribution < -0.4 is 5.32 Å². The Morgan fingerprint density at radius 1 is 1.47 bits per heavy atom. The second kappa shape index (κ2) is 6.74. The van der Waals surface area contributed by atoms with E-state index >= 15 is 0 Å². The molecular weight excluding hydrogens is 242 g/mol. The van der Waals surface area contributed by atoms with Crippen molar-refractivity contribution in [3.05, 3.63) is 16.5 Å². The Balaban J connectivity index is 2.72. The third kappa shape index (κ3) is 4.11. The number of nitrogens with zero attached hydrogens (tertiary/aromatic N) is 2. The number of aryl methyl sites for hydroxylation is 1. The highest BCUT2D eigenvalue weighted by Gasteiger charge is 2.10. The number of methoxy groups -OCH3 is 1. The van der Waals surface area contributed by atoms with Crippen LogP contribution >= 0.6 is 11.6 Å². The maximum absolute atomic E-state index is 9.53. The summed E-state index contributed by atoms with van der Waals surface area (Å²) in [5.41, 5.74) is 0.786. The molecule has 0 bridgehead atoms. The molecule has 0 saturated carbocycles. The van der Waals surface area contributed by atoms with Gasteiger partial charge in [-0.15, -0.1) is 0 Å². The molecule has 5 nitrogen and oxygen atoms in total. The van der Waals surface area contributed by atoms with Gasteiger partial charge in [-0.25, -0.2) is 9.97 Å². The number of rotatable bonds is 6. The van der Waals surface area contributed by atoms with Gasteiger partial charge in [-0.05, 0) is 6.92 Å². The van der Waals surface area contributed by atoms with Gasteiger partial charge in [-0.1, -0.05) is 18.5 Å². The molecule has 96 valence electrons. The van der Waals surface area contributed by atoms with Crippen molar-refractivity contribution < 1.29 is 9.84 Å². The predicted octanol–water partition coefficient (Wildman–Crippen LogP) is 1.42. The van der Waals surface area contributed by atoms with Gasteiger partial charge in [0.05, 0.1) is 12.7 Å². The molecule has 1 atom stereocenters. The lowest BCUT2D eigenvalue weighted by molar-refractivity contribution is 0.0727. The van der Waals surface area contributed by atoms with E-state index in [2.05, 4.69) is 15.3 Å². The summed E-state index contributed by atoms with van der Waals surface area (Å²) in [7, 11) is 1.55. The lowest BCUT2D eigenvalue weighted by atomic mass is 10.3. The average molecular weight is 260 g/mol. The first kappa shape index (κ1) is 14.2. The first-order valence-corrected chi connectivity index (χ1v) is 5.90. The van der Waals surface area contributed by atoms with Gasteiger partial charge >= 0.3 is 0 Å². The van der Waals surface area contributed by atoms with Crippen LogP contribution in [-0.2, 0) is 11.2 Å². The zero-order valence-electron chi connectivity index (χ0n) is 10.3. The van der Waals surface area contributed by atoms with Gasteiger partial charge in [0.25, 0.3) is 0 Å². The summed E-state index contributed by atoms with van der Waals surface area (Å²) in [5.74, 6) is 1.35. The van der Waals surface area contributed by atoms with Crippen LogP contribution in [0.5, 0.6) is 0 Å². The Bertz CT molecular complexity index is 374. The molecule has 0 aliphatic heterocycles. The van der Waals surface area contributed by atoms with Gasteiger partial charge in [0.15, 0.2) is 0 Å². The molecule has 1 aromatic rings. The van der Waals surface area contributed by atoms with Gasteiger partial charge in [-0.2, -0.15) is 0 Å². The molecule has 0 radical (unpaired) electrons. The van der Waals surface area contributed by atoms with Crippen LogP contribution in [0.25, 0.3) is 0 Å². The Morgan fingerprint density at radius 3 is 2.76 bits per heavy atom. The fourth-order valence-electron chi connectivity index (χ4n) is 1.33. The van der Waals surface area contributed by atoms with Crippen LogP contribution in [0.3, 0.4) is 0 Å². The second-order valence-corrected chi connectivity index (χ2v) is 4.11. The smallest absolute Gasteiger partial charge is 0.137 e. The van der Waals surface area contributed by atoms with E-state index in [0.717, 1.165) is 12.0 Å². The standard InChI is InChI=1S/C11H18ClN3O2/c1-4-9-14-10(12)7(2)11(15-9)13-5-8(16)6-17-3/h8,16H,4-6H2,1-3H3,(H,13,14,15). The zero-order valence-corrected chi connectivity index (χ0v) is 11.1. The largest absolute Gasteiger partial charge is 0.389 e. The van der Waals surface area contributed by atoms with Crippen LogP contribution in [0.2, 0.25) is 5.15 Å². The van der Waals surface area contributed by atoms with Crippen LogP contribution in [0.1, 0.15) is 18.3 Å². The zero-order chi connectivity index (χ0) is 12.8. The van der Waals surface area contributed by atoms with E-state index in [0.29, 0.717) is 23.3 Å². The van der Waals surface area contributed by atoms with Gasteiger partial charge in [0.1, 0.15) is 16.8 Å². The lowest BCUT2D eigenvalue weighted by Gasteiger charge is -2.14. The monoisotopic (exact) mass is 259 g/mol. The summed E-state index contributed by atoms with van der Waals surface area (Å²) < 4.78 is 4.84. The molecule has 0 fully saturated rings. The minimum absolute atomic E-state index is 0.283. The number of nitrogens with one attached hydrogen (secondary N) is 1. The molecule has 1 heterocycles. The third-order valence-corrected chi connectivity index (χ3v) is 2.68. The van der Waals surface area contributed by atoms with E-state index in [1.807, 2.05) is 13.8 Å². The molecule has 1 aromatic heterocycles. The van der Waals surface area contributed by atoms with Crippen molar-refractivity contribution in [1.29, 1.82) is 0 Å². The molecule has 0 saturated heterocycles. The third-order valence-electron chi connectivity index (χ3n) is 2.31. The van der Waals surface area contributed by atoms with Gasteiger partial charge in [0, 0.05) is 25.6 Å². The summed E-state index contributed by atoms with van der Waals surface area (Å²) in [6.45, 7) is 4.45. The molecule has 0 spiro atoms. The first-order chi connectivity index (χ1) is 8.08. The molecule has 0 aliphatic carbocycles. The van der Waals surface area contributed by atoms with Crippen molar-refractivity contribution in [2.45, 2.75) is 26.4 Å². The summed E-state index contributed by atoms with van der Waals surface area (Å²) in [5, 5.41) is 13.0. The summed E-state index contributed by atoms with van der Waals surface area (Å²) in [4.78, 5) is 8.47. The highest BCUT2D eigenvalue weighted by atomic mass is 35.5. The normalized spacial score (nSPS) is 12.5. The number of hydrogen-bond donors (Lipinski definition) is 2. The molecule has 0 amide bonds. The quantitative estimate of drug-likeness (QED) is 0.757. The number of anilines is 1. The van der Waals surface area contributed by atoms with E-state index in [1.54, 1.807) is 7.11 Å². The highest BCUT2D eigenvalue weighted by Crippen LogP contribution is 2.19. The van der Waals surface area contributed by atoms with Crippen molar-refractivity contribution in [3.63, 3.8) is 0 Å². The minimum Gasteiger partial charge on any atom is -0.389 e. The molecule has 0 aromatic carbocycles. The van der Waals surface area contributed by atoms with Crippen molar-refractivity contribution >= 4 is 17.4 Å². The van der Waals surface area contributed by atoms with E-state index in [-0.39, 0.29) is 6.61 Å². The Morgan fingerprint density at radius 2 is 2.18 bits per heavy atom. The first-order valence-electron chi connectivity index (χ1n) is 5.52. The van der Waals surface area contributed by atoms with Crippen LogP contribution in [0.4, 0.5) is 5.82 Å². The average Bonchev–Trinajstić information content (AvgIpc) is 2.31. The lowest BCUT2D eigenvalue weighted by Crippen LogP contribution is -2.25. The summed E-state index contributed by atoms with van der Waals surface area (Å²) in [6.07, 6.45) is 0.146. The predicted molar refractivity (Wildman–Crippen MR) is 67.5 cm³/mol. The second-order valence-electron chi connectivity index (χ2n) is 3.75. The Labute approximate surface area is 106 Å². The number of aliphatic hydroxyl groups excluding tert-OH is 1. The van der Waals surface area contributed by atoms with Crippen molar-refractivity contribution in [1.82, 2.24) is 9.97 Å². The number of aliphatic hydroxyl groups is 1. The number of ether oxygens (including phenoxy) is 1. The van der Waals surface area contributed by atoms with E-state index in [9.17, 15) is 5.11 Å². The minimum atomic E-state index is -0.571. The van der Waals surface area contributed by atoms with Crippen molar-refractivity contribution in [2.75, 3.05) is 25.6 Å². The van der Waals surface area contributed by atoms with E-state index in [1.165, 1.54) is 0 Å². The molecule has 2 N–H and O–H groups in total. The fraction of sp³-hybridized carbons (Fsp3) is 0.636. The molecule has 17 heavy (non-hydrogen) atoms. The summed E-state index contributed by atoms with van der Waals surface area (Å²) in [6, 6.07) is 0. The molecule has 1 rings (SSSR count). The van der Waals surface area contributed by atoms with Gasteiger partial charge in [0.2, 0.25) is 0 Å². The number of aromatic nitrogens is 2. The maximum atomic E-state index is 9.53. The van der Waals surface area contributed by atoms with Crippen molar-refractivity contribution in [3.8, 4) is 0 Å². The molecule has 1 unspecified atom stereocenters. The van der Waals surface area contributed by atoms with Crippen LogP contribution in [0, 0.1) is 6.92 Å². The molecule has 0 aliphatic rings. The molecular formula is C11H18ClN3O2. The topological polar surface area (TPSA) is 67.3 Å². The molecule has 6 heteroatoms. The Hall–Kier alpha value is -0.910. The van der Waals surface area contributed by atoms with Gasteiger partial charge in [-0.3, -0.25) is 0 Å². The Kier molecular flexibility index (Phi) is 5.61. The number of halogens is 1. The van der Waals surface area contributed by atoms with Gasteiger partial charge < -0.3 is 15.2 Å². The highest BCUT2D eigenvalue weighted by molar-refractivity contribution is 6.30. The number of hydrogen-bond acceptors (Lipinski definition) is 5. The van der Waals surface area contributed by atoms with Crippen molar-refractivity contribution in [2.24, 2.45) is 0 Å². The van der Waals surface area contributed by atoms with E-state index < -0.39 is 6.10 Å². The van der Waals surface area contributed by atoms with E-state index in [4.69, 9.17) is 16.3 Å². The van der Waals surface area contributed by atoms with Crippen LogP contribution in [-0.4, -0.2) is 41.4 Å². The SMILES string of the molecule is CCc1nc(Cl)c(C)c(NCC(O)COC)n1. The fourth-order valence-corrected chi connectivity index (χ4v) is 1.52. The maximum Gasteiger partial charge on any atom is 0.137 e. The summed E-state index contributed by atoms with van der Waals surface area (Å²) >= 11 is 6.00.